The van der Waals surface area contributed by atoms with E-state index < -0.39 is 23.6 Å². The van der Waals surface area contributed by atoms with Gasteiger partial charge >= 0.3 is 0 Å². The van der Waals surface area contributed by atoms with Gasteiger partial charge in [-0.05, 0) is 24.6 Å². The number of aromatic amines is 1. The molecule has 6 nitrogen and oxygen atoms in total. The molecule has 23 heavy (non-hydrogen) atoms. The van der Waals surface area contributed by atoms with Crippen LogP contribution < -0.4 is 10.1 Å². The van der Waals surface area contributed by atoms with Crippen LogP contribution in [0.1, 0.15) is 23.1 Å². The molecule has 1 heterocycles. The first-order valence-electron chi connectivity index (χ1n) is 7.08. The molecule has 0 aliphatic heterocycles. The van der Waals surface area contributed by atoms with Crippen LogP contribution in [0.4, 0.5) is 8.78 Å². The third-order valence-corrected chi connectivity index (χ3v) is 3.08. The van der Waals surface area contributed by atoms with Crippen LogP contribution in [0.5, 0.6) is 5.75 Å². The Morgan fingerprint density at radius 1 is 1.39 bits per heavy atom. The van der Waals surface area contributed by atoms with Crippen LogP contribution in [0.15, 0.2) is 24.3 Å². The number of H-pyrrole nitrogens is 1. The Morgan fingerprint density at radius 2 is 2.17 bits per heavy atom. The van der Waals surface area contributed by atoms with E-state index in [2.05, 4.69) is 15.5 Å². The maximum Gasteiger partial charge on any atom is 0.271 e. The minimum Gasteiger partial charge on any atom is -0.491 e. The number of benzene rings is 1. The summed E-state index contributed by atoms with van der Waals surface area (Å²) in [7, 11) is 0. The molecule has 0 aliphatic rings. The fourth-order valence-electron chi connectivity index (χ4n) is 1.78. The van der Waals surface area contributed by atoms with Crippen LogP contribution in [0.2, 0.25) is 0 Å². The second-order valence-corrected chi connectivity index (χ2v) is 4.88. The quantitative estimate of drug-likeness (QED) is 0.718. The summed E-state index contributed by atoms with van der Waals surface area (Å²) < 4.78 is 30.9. The van der Waals surface area contributed by atoms with Crippen molar-refractivity contribution in [3.8, 4) is 5.75 Å². The lowest BCUT2D eigenvalue weighted by Crippen LogP contribution is -2.35. The third kappa shape index (κ3) is 4.75. The standard InChI is InChI=1S/C15H17F2N3O3/c1-2-9-5-14(20-19-9)15(22)18-7-10(21)8-23-11-3-4-12(16)13(17)6-11/h3-6,10,21H,2,7-8H2,1H3,(H,18,22)(H,19,20). The minimum absolute atomic E-state index is 0.0587. The SMILES string of the molecule is CCc1cc(C(=O)NCC(O)COc2ccc(F)c(F)c2)n[nH]1. The van der Waals surface area contributed by atoms with Crippen molar-refractivity contribution in [2.24, 2.45) is 0 Å². The predicted molar refractivity (Wildman–Crippen MR) is 78.2 cm³/mol. The molecule has 1 aromatic heterocycles. The predicted octanol–water partition coefficient (Wildman–Crippen LogP) is 1.42. The van der Waals surface area contributed by atoms with Gasteiger partial charge in [-0.3, -0.25) is 9.89 Å². The van der Waals surface area contributed by atoms with E-state index in [1.54, 1.807) is 6.07 Å². The molecule has 8 heteroatoms. The van der Waals surface area contributed by atoms with E-state index in [1.807, 2.05) is 6.92 Å². The highest BCUT2D eigenvalue weighted by molar-refractivity contribution is 5.92. The largest absolute Gasteiger partial charge is 0.491 e. The highest BCUT2D eigenvalue weighted by atomic mass is 19.2. The summed E-state index contributed by atoms with van der Waals surface area (Å²) in [6, 6.07) is 4.69. The van der Waals surface area contributed by atoms with Crippen molar-refractivity contribution in [2.45, 2.75) is 19.4 Å². The topological polar surface area (TPSA) is 87.2 Å². The fourth-order valence-corrected chi connectivity index (χ4v) is 1.78. The molecular weight excluding hydrogens is 308 g/mol. The Morgan fingerprint density at radius 3 is 2.83 bits per heavy atom. The van der Waals surface area contributed by atoms with Crippen molar-refractivity contribution < 1.29 is 23.4 Å². The van der Waals surface area contributed by atoms with Gasteiger partial charge in [-0.15, -0.1) is 0 Å². The van der Waals surface area contributed by atoms with Crippen molar-refractivity contribution in [1.82, 2.24) is 15.5 Å². The Kier molecular flexibility index (Phi) is 5.64. The summed E-state index contributed by atoms with van der Waals surface area (Å²) in [4.78, 5) is 11.8. The lowest BCUT2D eigenvalue weighted by molar-refractivity contribution is 0.0839. The molecule has 0 aliphatic carbocycles. The van der Waals surface area contributed by atoms with E-state index in [9.17, 15) is 18.7 Å². The molecule has 1 amide bonds. The molecule has 0 bridgehead atoms. The minimum atomic E-state index is -1.03. The van der Waals surface area contributed by atoms with E-state index in [1.165, 1.54) is 6.07 Å². The zero-order valence-electron chi connectivity index (χ0n) is 12.5. The molecule has 124 valence electrons. The van der Waals surface area contributed by atoms with Crippen LogP contribution in [0.25, 0.3) is 0 Å². The molecule has 1 unspecified atom stereocenters. The maximum atomic E-state index is 13.0. The van der Waals surface area contributed by atoms with Crippen LogP contribution >= 0.6 is 0 Å². The summed E-state index contributed by atoms with van der Waals surface area (Å²) >= 11 is 0. The van der Waals surface area contributed by atoms with Crippen molar-refractivity contribution >= 4 is 5.91 Å². The van der Waals surface area contributed by atoms with Crippen LogP contribution in [-0.2, 0) is 6.42 Å². The zero-order chi connectivity index (χ0) is 16.8. The summed E-state index contributed by atoms with van der Waals surface area (Å²) in [6.07, 6.45) is -0.276. The Bertz CT molecular complexity index is 676. The van der Waals surface area contributed by atoms with Crippen molar-refractivity contribution in [2.75, 3.05) is 13.2 Å². The normalized spacial score (nSPS) is 12.0. The van der Waals surface area contributed by atoms with Gasteiger partial charge in [0, 0.05) is 18.3 Å². The van der Waals surface area contributed by atoms with Gasteiger partial charge in [-0.1, -0.05) is 6.92 Å². The van der Waals surface area contributed by atoms with Crippen molar-refractivity contribution in [1.29, 1.82) is 0 Å². The summed E-state index contributed by atoms with van der Waals surface area (Å²) in [6.45, 7) is 1.69. The number of nitrogens with zero attached hydrogens (tertiary/aromatic N) is 1. The maximum absolute atomic E-state index is 13.0. The summed E-state index contributed by atoms with van der Waals surface area (Å²) in [5, 5.41) is 18.8. The molecule has 0 saturated heterocycles. The Hall–Kier alpha value is -2.48. The van der Waals surface area contributed by atoms with Crippen LogP contribution in [0.3, 0.4) is 0 Å². The molecule has 1 aromatic carbocycles. The molecule has 2 aromatic rings. The number of ether oxygens (including phenoxy) is 1. The molecule has 0 saturated carbocycles. The lowest BCUT2D eigenvalue weighted by atomic mass is 10.3. The number of aromatic nitrogens is 2. The van der Waals surface area contributed by atoms with Crippen LogP contribution in [-0.4, -0.2) is 40.5 Å². The highest BCUT2D eigenvalue weighted by Gasteiger charge is 2.13. The summed E-state index contributed by atoms with van der Waals surface area (Å²) in [5.74, 6) is -2.34. The van der Waals surface area contributed by atoms with Crippen LogP contribution in [0, 0.1) is 11.6 Å². The van der Waals surface area contributed by atoms with E-state index >= 15 is 0 Å². The van der Waals surface area contributed by atoms with Gasteiger partial charge < -0.3 is 15.2 Å². The van der Waals surface area contributed by atoms with Gasteiger partial charge in [-0.25, -0.2) is 8.78 Å². The zero-order valence-corrected chi connectivity index (χ0v) is 12.5. The van der Waals surface area contributed by atoms with E-state index in [-0.39, 0.29) is 24.6 Å². The molecule has 2 rings (SSSR count). The highest BCUT2D eigenvalue weighted by Crippen LogP contribution is 2.15. The smallest absolute Gasteiger partial charge is 0.271 e. The van der Waals surface area contributed by atoms with Gasteiger partial charge in [0.1, 0.15) is 24.2 Å². The number of aliphatic hydroxyl groups is 1. The number of aryl methyl sites for hydroxylation is 1. The molecule has 0 fully saturated rings. The Labute approximate surface area is 131 Å². The second-order valence-electron chi connectivity index (χ2n) is 4.88. The van der Waals surface area contributed by atoms with Crippen molar-refractivity contribution in [3.05, 3.63) is 47.3 Å². The molecule has 1 atom stereocenters. The van der Waals surface area contributed by atoms with Gasteiger partial charge in [0.25, 0.3) is 5.91 Å². The number of rotatable bonds is 7. The van der Waals surface area contributed by atoms with E-state index in [4.69, 9.17) is 4.74 Å². The number of hydrogen-bond acceptors (Lipinski definition) is 4. The van der Waals surface area contributed by atoms with Gasteiger partial charge in [-0.2, -0.15) is 5.10 Å². The first-order valence-corrected chi connectivity index (χ1v) is 7.08. The lowest BCUT2D eigenvalue weighted by Gasteiger charge is -2.13. The van der Waals surface area contributed by atoms with Gasteiger partial charge in [0.05, 0.1) is 0 Å². The average molecular weight is 325 g/mol. The average Bonchev–Trinajstić information content (AvgIpc) is 3.03. The Balaban J connectivity index is 1.77. The molecule has 0 radical (unpaired) electrons. The molecular formula is C15H17F2N3O3. The number of carbonyl (C=O) groups excluding carboxylic acids is 1. The van der Waals surface area contributed by atoms with Gasteiger partial charge in [0.2, 0.25) is 0 Å². The molecule has 0 spiro atoms. The van der Waals surface area contributed by atoms with Gasteiger partial charge in [0.15, 0.2) is 11.6 Å². The number of carbonyl (C=O) groups is 1. The third-order valence-electron chi connectivity index (χ3n) is 3.08. The number of halogens is 2. The number of aliphatic hydroxyl groups excluding tert-OH is 1. The first kappa shape index (κ1) is 16.9. The van der Waals surface area contributed by atoms with E-state index in [0.29, 0.717) is 0 Å². The number of nitrogens with one attached hydrogen (secondary N) is 2. The van der Waals surface area contributed by atoms with E-state index in [0.717, 1.165) is 24.2 Å². The summed E-state index contributed by atoms with van der Waals surface area (Å²) in [5.41, 5.74) is 1.06. The fraction of sp³-hybridized carbons (Fsp3) is 0.333. The monoisotopic (exact) mass is 325 g/mol. The van der Waals surface area contributed by atoms with Crippen molar-refractivity contribution in [3.63, 3.8) is 0 Å². The number of hydrogen-bond donors (Lipinski definition) is 3. The second kappa shape index (κ2) is 7.68. The molecule has 3 N–H and O–H groups in total. The first-order chi connectivity index (χ1) is 11.0. The number of amides is 1.